The van der Waals surface area contributed by atoms with E-state index in [9.17, 15) is 0 Å². The fraction of sp³-hybridized carbons (Fsp3) is 0.667. The summed E-state index contributed by atoms with van der Waals surface area (Å²) in [6.45, 7) is 10.4. The van der Waals surface area contributed by atoms with Crippen molar-refractivity contribution in [3.8, 4) is 0 Å². The van der Waals surface area contributed by atoms with E-state index in [-0.39, 0.29) is 5.41 Å². The number of rotatable bonds is 8. The largest absolute Gasteiger partial charge is 0.381 e. The predicted molar refractivity (Wildman–Crippen MR) is 88.5 cm³/mol. The molecule has 1 aromatic rings. The third-order valence-electron chi connectivity index (χ3n) is 4.29. The highest BCUT2D eigenvalue weighted by atomic mass is 16.5. The summed E-state index contributed by atoms with van der Waals surface area (Å²) in [5.41, 5.74) is 3.00. The first-order chi connectivity index (χ1) is 10.1. The van der Waals surface area contributed by atoms with Crippen molar-refractivity contribution < 1.29 is 4.74 Å². The highest BCUT2D eigenvalue weighted by Crippen LogP contribution is 2.29. The van der Waals surface area contributed by atoms with Gasteiger partial charge in [0, 0.05) is 31.7 Å². The average molecular weight is 290 g/mol. The Labute approximate surface area is 129 Å². The summed E-state index contributed by atoms with van der Waals surface area (Å²) in [7, 11) is 2.22. The first kappa shape index (κ1) is 16.5. The van der Waals surface area contributed by atoms with Gasteiger partial charge in [-0.3, -0.25) is 0 Å². The normalized spacial score (nSPS) is 22.1. The van der Waals surface area contributed by atoms with Crippen LogP contribution >= 0.6 is 0 Å². The van der Waals surface area contributed by atoms with Gasteiger partial charge in [0.05, 0.1) is 6.61 Å². The molecule has 0 amide bonds. The van der Waals surface area contributed by atoms with E-state index in [1.54, 1.807) is 0 Å². The summed E-state index contributed by atoms with van der Waals surface area (Å²) in [6.07, 6.45) is 2.36. The van der Waals surface area contributed by atoms with Gasteiger partial charge in [0.25, 0.3) is 0 Å². The molecule has 3 nitrogen and oxygen atoms in total. The molecule has 1 saturated heterocycles. The lowest BCUT2D eigenvalue weighted by molar-refractivity contribution is 0.116. The van der Waals surface area contributed by atoms with Crippen LogP contribution in [0.25, 0.3) is 0 Å². The third-order valence-corrected chi connectivity index (χ3v) is 4.29. The van der Waals surface area contributed by atoms with Gasteiger partial charge < -0.3 is 15.0 Å². The van der Waals surface area contributed by atoms with E-state index in [0.717, 1.165) is 39.4 Å². The molecular weight excluding hydrogens is 260 g/mol. The number of nitrogens with one attached hydrogen (secondary N) is 1. The molecule has 0 aromatic heterocycles. The Bertz CT molecular complexity index is 410. The van der Waals surface area contributed by atoms with E-state index in [4.69, 9.17) is 4.74 Å². The van der Waals surface area contributed by atoms with Crippen molar-refractivity contribution in [2.45, 2.75) is 33.2 Å². The van der Waals surface area contributed by atoms with Crippen LogP contribution in [0.4, 0.5) is 0 Å². The van der Waals surface area contributed by atoms with Gasteiger partial charge in [-0.1, -0.05) is 36.8 Å². The molecule has 1 N–H and O–H groups in total. The minimum Gasteiger partial charge on any atom is -0.381 e. The molecule has 1 aromatic carbocycles. The predicted octanol–water partition coefficient (Wildman–Crippen LogP) is 2.83. The van der Waals surface area contributed by atoms with Gasteiger partial charge in [-0.05, 0) is 38.9 Å². The van der Waals surface area contributed by atoms with Crippen molar-refractivity contribution in [2.75, 3.05) is 39.9 Å². The Morgan fingerprint density at radius 2 is 2.05 bits per heavy atom. The summed E-state index contributed by atoms with van der Waals surface area (Å²) in [5.74, 6) is 0. The topological polar surface area (TPSA) is 24.5 Å². The molecule has 21 heavy (non-hydrogen) atoms. The molecule has 0 aliphatic carbocycles. The van der Waals surface area contributed by atoms with E-state index in [1.165, 1.54) is 24.0 Å². The SMILES string of the molecule is CCCNCC1(CN(C)Cc2ccc(C)cc2)CCOC1. The van der Waals surface area contributed by atoms with Crippen molar-refractivity contribution in [1.29, 1.82) is 0 Å². The summed E-state index contributed by atoms with van der Waals surface area (Å²) in [5, 5.41) is 3.59. The number of hydrogen-bond acceptors (Lipinski definition) is 3. The van der Waals surface area contributed by atoms with Gasteiger partial charge >= 0.3 is 0 Å². The second-order valence-electron chi connectivity index (χ2n) is 6.64. The van der Waals surface area contributed by atoms with Gasteiger partial charge in [-0.25, -0.2) is 0 Å². The summed E-state index contributed by atoms with van der Waals surface area (Å²) < 4.78 is 5.69. The Balaban J connectivity index is 1.88. The summed E-state index contributed by atoms with van der Waals surface area (Å²) in [6, 6.07) is 8.86. The first-order valence-electron chi connectivity index (χ1n) is 8.16. The van der Waals surface area contributed by atoms with E-state index >= 15 is 0 Å². The number of ether oxygens (including phenoxy) is 1. The van der Waals surface area contributed by atoms with Crippen LogP contribution in [0.5, 0.6) is 0 Å². The zero-order valence-electron chi connectivity index (χ0n) is 13.8. The summed E-state index contributed by atoms with van der Waals surface area (Å²) >= 11 is 0. The molecule has 1 aliphatic rings. The maximum atomic E-state index is 5.69. The number of nitrogens with zero attached hydrogens (tertiary/aromatic N) is 1. The molecule has 0 radical (unpaired) electrons. The van der Waals surface area contributed by atoms with Crippen LogP contribution in [0, 0.1) is 12.3 Å². The lowest BCUT2D eigenvalue weighted by Crippen LogP contribution is -2.43. The molecule has 0 bridgehead atoms. The molecule has 2 rings (SSSR count). The molecule has 118 valence electrons. The van der Waals surface area contributed by atoms with E-state index in [2.05, 4.69) is 55.4 Å². The van der Waals surface area contributed by atoms with Crippen LogP contribution in [0.2, 0.25) is 0 Å². The molecule has 0 spiro atoms. The smallest absolute Gasteiger partial charge is 0.0547 e. The molecular formula is C18H30N2O. The zero-order chi connectivity index (χ0) is 15.1. The highest BCUT2D eigenvalue weighted by molar-refractivity contribution is 5.21. The van der Waals surface area contributed by atoms with E-state index in [0.29, 0.717) is 0 Å². The fourth-order valence-corrected chi connectivity index (χ4v) is 3.13. The molecule has 1 atom stereocenters. The number of benzene rings is 1. The average Bonchev–Trinajstić information content (AvgIpc) is 2.90. The Hall–Kier alpha value is -0.900. The second-order valence-corrected chi connectivity index (χ2v) is 6.64. The molecule has 1 heterocycles. The van der Waals surface area contributed by atoms with Crippen LogP contribution in [0.1, 0.15) is 30.9 Å². The van der Waals surface area contributed by atoms with E-state index < -0.39 is 0 Å². The van der Waals surface area contributed by atoms with E-state index in [1.807, 2.05) is 0 Å². The summed E-state index contributed by atoms with van der Waals surface area (Å²) in [4.78, 5) is 2.44. The minimum absolute atomic E-state index is 0.286. The van der Waals surface area contributed by atoms with Crippen LogP contribution < -0.4 is 5.32 Å². The number of hydrogen-bond donors (Lipinski definition) is 1. The Kier molecular flexibility index (Phi) is 6.22. The third kappa shape index (κ3) is 5.10. The Morgan fingerprint density at radius 1 is 1.29 bits per heavy atom. The quantitative estimate of drug-likeness (QED) is 0.745. The van der Waals surface area contributed by atoms with Crippen LogP contribution in [-0.2, 0) is 11.3 Å². The van der Waals surface area contributed by atoms with Crippen molar-refractivity contribution >= 4 is 0 Å². The maximum absolute atomic E-state index is 5.69. The Morgan fingerprint density at radius 3 is 2.67 bits per heavy atom. The van der Waals surface area contributed by atoms with Gasteiger partial charge in [0.2, 0.25) is 0 Å². The van der Waals surface area contributed by atoms with Crippen molar-refractivity contribution in [3.63, 3.8) is 0 Å². The minimum atomic E-state index is 0.286. The second kappa shape index (κ2) is 7.92. The maximum Gasteiger partial charge on any atom is 0.0547 e. The van der Waals surface area contributed by atoms with Crippen LogP contribution in [0.3, 0.4) is 0 Å². The molecule has 1 unspecified atom stereocenters. The molecule has 1 aliphatic heterocycles. The first-order valence-corrected chi connectivity index (χ1v) is 8.16. The lowest BCUT2D eigenvalue weighted by Gasteiger charge is -2.32. The van der Waals surface area contributed by atoms with Crippen molar-refractivity contribution in [2.24, 2.45) is 5.41 Å². The van der Waals surface area contributed by atoms with Crippen molar-refractivity contribution in [1.82, 2.24) is 10.2 Å². The molecule has 0 saturated carbocycles. The standard InChI is InChI=1S/C18H30N2O/c1-4-10-19-13-18(9-11-21-15-18)14-20(3)12-17-7-5-16(2)6-8-17/h5-8,19H,4,9-15H2,1-3H3. The molecule has 3 heteroatoms. The highest BCUT2D eigenvalue weighted by Gasteiger charge is 2.35. The van der Waals surface area contributed by atoms with Gasteiger partial charge in [0.1, 0.15) is 0 Å². The zero-order valence-corrected chi connectivity index (χ0v) is 13.8. The van der Waals surface area contributed by atoms with Gasteiger partial charge in [-0.15, -0.1) is 0 Å². The van der Waals surface area contributed by atoms with Gasteiger partial charge in [0.15, 0.2) is 0 Å². The van der Waals surface area contributed by atoms with Crippen LogP contribution in [-0.4, -0.2) is 44.8 Å². The van der Waals surface area contributed by atoms with Crippen LogP contribution in [0.15, 0.2) is 24.3 Å². The molecule has 1 fully saturated rings. The van der Waals surface area contributed by atoms with Gasteiger partial charge in [-0.2, -0.15) is 0 Å². The van der Waals surface area contributed by atoms with Crippen molar-refractivity contribution in [3.05, 3.63) is 35.4 Å². The fourth-order valence-electron chi connectivity index (χ4n) is 3.13. The lowest BCUT2D eigenvalue weighted by atomic mass is 9.86. The monoisotopic (exact) mass is 290 g/mol. The number of aryl methyl sites for hydroxylation is 1.